The number of hydrogen-bond donors (Lipinski definition) is 2. The summed E-state index contributed by atoms with van der Waals surface area (Å²) in [7, 11) is -3.18. The van der Waals surface area contributed by atoms with Crippen LogP contribution in [0.4, 0.5) is 0 Å². The number of guanidine groups is 1. The number of nitrogens with one attached hydrogen (secondary N) is 1. The van der Waals surface area contributed by atoms with Gasteiger partial charge in [0.25, 0.3) is 0 Å². The van der Waals surface area contributed by atoms with Gasteiger partial charge in [-0.05, 0) is 31.6 Å². The molecule has 2 aliphatic rings. The van der Waals surface area contributed by atoms with Gasteiger partial charge in [-0.2, -0.15) is 0 Å². The summed E-state index contributed by atoms with van der Waals surface area (Å²) in [6.07, 6.45) is 6.04. The lowest BCUT2D eigenvalue weighted by atomic mass is 9.85. The summed E-state index contributed by atoms with van der Waals surface area (Å²) < 4.78 is 28.6. The molecule has 0 aromatic carbocycles. The summed E-state index contributed by atoms with van der Waals surface area (Å²) >= 11 is 0. The van der Waals surface area contributed by atoms with E-state index in [-0.39, 0.29) is 30.5 Å². The second kappa shape index (κ2) is 7.96. The van der Waals surface area contributed by atoms with E-state index in [1.54, 1.807) is 0 Å². The van der Waals surface area contributed by atoms with Crippen LogP contribution in [0.15, 0.2) is 4.99 Å². The number of halogens is 1. The SMILES string of the molecule is CS(=O)(=O)C1(CN=C(N)NCC2CCC2)CCOCC1.I. The molecular formula is C13H26IN3O3S. The molecule has 8 heteroatoms. The van der Waals surface area contributed by atoms with Gasteiger partial charge in [0.2, 0.25) is 0 Å². The molecule has 0 aromatic rings. The lowest BCUT2D eigenvalue weighted by Crippen LogP contribution is -2.47. The van der Waals surface area contributed by atoms with Crippen molar-refractivity contribution in [1.29, 1.82) is 0 Å². The second-order valence-electron chi connectivity index (χ2n) is 5.95. The molecule has 2 rings (SSSR count). The minimum Gasteiger partial charge on any atom is -0.381 e. The highest BCUT2D eigenvalue weighted by molar-refractivity contribution is 14.0. The fourth-order valence-corrected chi connectivity index (χ4v) is 3.83. The van der Waals surface area contributed by atoms with Crippen molar-refractivity contribution in [2.45, 2.75) is 36.9 Å². The molecule has 1 saturated heterocycles. The normalized spacial score (nSPS) is 23.0. The van der Waals surface area contributed by atoms with Crippen LogP contribution in [-0.2, 0) is 14.6 Å². The third-order valence-electron chi connectivity index (χ3n) is 4.52. The molecule has 0 unspecified atom stereocenters. The van der Waals surface area contributed by atoms with Gasteiger partial charge < -0.3 is 15.8 Å². The first-order valence-electron chi connectivity index (χ1n) is 7.24. The quantitative estimate of drug-likeness (QED) is 0.383. The Morgan fingerprint density at radius 1 is 1.38 bits per heavy atom. The van der Waals surface area contributed by atoms with Gasteiger partial charge in [-0.25, -0.2) is 8.42 Å². The smallest absolute Gasteiger partial charge is 0.188 e. The monoisotopic (exact) mass is 431 g/mol. The molecule has 21 heavy (non-hydrogen) atoms. The van der Waals surface area contributed by atoms with Crippen LogP contribution in [-0.4, -0.2) is 51.7 Å². The van der Waals surface area contributed by atoms with Crippen LogP contribution in [0.5, 0.6) is 0 Å². The highest BCUT2D eigenvalue weighted by atomic mass is 127. The largest absolute Gasteiger partial charge is 0.381 e. The summed E-state index contributed by atoms with van der Waals surface area (Å²) in [4.78, 5) is 4.27. The molecular weight excluding hydrogens is 405 g/mol. The van der Waals surface area contributed by atoms with Crippen LogP contribution < -0.4 is 11.1 Å². The van der Waals surface area contributed by atoms with Gasteiger partial charge in [0.1, 0.15) is 0 Å². The number of aliphatic imine (C=N–C) groups is 1. The van der Waals surface area contributed by atoms with Gasteiger partial charge in [-0.15, -0.1) is 24.0 Å². The van der Waals surface area contributed by atoms with Crippen molar-refractivity contribution in [2.75, 3.05) is 32.6 Å². The molecule has 1 heterocycles. The average Bonchev–Trinajstić information content (AvgIpc) is 2.34. The number of hydrogen-bond acceptors (Lipinski definition) is 4. The predicted octanol–water partition coefficient (Wildman–Crippen LogP) is 0.903. The zero-order chi connectivity index (χ0) is 14.6. The number of sulfone groups is 1. The minimum absolute atomic E-state index is 0. The molecule has 0 spiro atoms. The van der Waals surface area contributed by atoms with E-state index in [1.165, 1.54) is 25.5 Å². The van der Waals surface area contributed by atoms with E-state index in [1.807, 2.05) is 0 Å². The van der Waals surface area contributed by atoms with E-state index in [2.05, 4.69) is 10.3 Å². The zero-order valence-electron chi connectivity index (χ0n) is 12.5. The Bertz CT molecular complexity index is 457. The third kappa shape index (κ3) is 4.95. The van der Waals surface area contributed by atoms with Gasteiger partial charge in [0.05, 0.1) is 11.3 Å². The average molecular weight is 431 g/mol. The van der Waals surface area contributed by atoms with Gasteiger partial charge in [0, 0.05) is 26.0 Å². The van der Waals surface area contributed by atoms with Crippen LogP contribution in [0.3, 0.4) is 0 Å². The van der Waals surface area contributed by atoms with Crippen LogP contribution in [0.2, 0.25) is 0 Å². The molecule has 124 valence electrons. The maximum absolute atomic E-state index is 12.1. The Balaban J connectivity index is 0.00000220. The van der Waals surface area contributed by atoms with Crippen molar-refractivity contribution in [1.82, 2.24) is 5.32 Å². The summed E-state index contributed by atoms with van der Waals surface area (Å²) in [5, 5.41) is 3.09. The van der Waals surface area contributed by atoms with Crippen molar-refractivity contribution in [2.24, 2.45) is 16.6 Å². The molecule has 3 N–H and O–H groups in total. The number of rotatable bonds is 5. The van der Waals surface area contributed by atoms with E-state index >= 15 is 0 Å². The molecule has 0 amide bonds. The summed E-state index contributed by atoms with van der Waals surface area (Å²) in [6.45, 7) is 2.00. The van der Waals surface area contributed by atoms with E-state index < -0.39 is 14.6 Å². The van der Waals surface area contributed by atoms with Crippen LogP contribution in [0.1, 0.15) is 32.1 Å². The molecule has 0 bridgehead atoms. The Morgan fingerprint density at radius 2 is 2.00 bits per heavy atom. The fourth-order valence-electron chi connectivity index (χ4n) is 2.62. The van der Waals surface area contributed by atoms with Crippen molar-refractivity contribution >= 4 is 39.8 Å². The Morgan fingerprint density at radius 3 is 2.48 bits per heavy atom. The van der Waals surface area contributed by atoms with Gasteiger partial charge >= 0.3 is 0 Å². The summed E-state index contributed by atoms with van der Waals surface area (Å²) in [5.41, 5.74) is 5.83. The van der Waals surface area contributed by atoms with Gasteiger partial charge in [-0.3, -0.25) is 4.99 Å². The van der Waals surface area contributed by atoms with Crippen molar-refractivity contribution < 1.29 is 13.2 Å². The lowest BCUT2D eigenvalue weighted by molar-refractivity contribution is 0.0768. The molecule has 6 nitrogen and oxygen atoms in total. The maximum Gasteiger partial charge on any atom is 0.188 e. The van der Waals surface area contributed by atoms with E-state index in [9.17, 15) is 8.42 Å². The minimum atomic E-state index is -3.18. The first kappa shape index (κ1) is 19.0. The highest BCUT2D eigenvalue weighted by Gasteiger charge is 2.42. The molecule has 2 fully saturated rings. The molecule has 0 aromatic heterocycles. The van der Waals surface area contributed by atoms with E-state index in [0.29, 0.717) is 37.9 Å². The molecule has 0 radical (unpaired) electrons. The topological polar surface area (TPSA) is 93.8 Å². The molecule has 1 saturated carbocycles. The van der Waals surface area contributed by atoms with E-state index in [0.717, 1.165) is 6.54 Å². The Hall–Kier alpha value is -0.0900. The zero-order valence-corrected chi connectivity index (χ0v) is 15.7. The molecule has 1 aliphatic carbocycles. The maximum atomic E-state index is 12.1. The van der Waals surface area contributed by atoms with Crippen LogP contribution >= 0.6 is 24.0 Å². The number of nitrogens with two attached hydrogens (primary N) is 1. The van der Waals surface area contributed by atoms with Gasteiger partial charge in [-0.1, -0.05) is 6.42 Å². The van der Waals surface area contributed by atoms with Crippen LogP contribution in [0, 0.1) is 5.92 Å². The number of ether oxygens (including phenoxy) is 1. The second-order valence-corrected chi connectivity index (χ2v) is 8.36. The standard InChI is InChI=1S/C13H25N3O3S.HI/c1-20(17,18)13(5-7-19-8-6-13)10-16-12(14)15-9-11-3-2-4-11;/h11H,2-10H2,1H3,(H3,14,15,16);1H. The Labute approximate surface area is 144 Å². The summed E-state index contributed by atoms with van der Waals surface area (Å²) in [6, 6.07) is 0. The molecule has 1 aliphatic heterocycles. The van der Waals surface area contributed by atoms with Crippen molar-refractivity contribution in [3.63, 3.8) is 0 Å². The van der Waals surface area contributed by atoms with E-state index in [4.69, 9.17) is 10.5 Å². The first-order chi connectivity index (χ1) is 9.43. The van der Waals surface area contributed by atoms with Gasteiger partial charge in [0.15, 0.2) is 15.8 Å². The Kier molecular flexibility index (Phi) is 7.18. The summed E-state index contributed by atoms with van der Waals surface area (Å²) in [5.74, 6) is 1.04. The van der Waals surface area contributed by atoms with Crippen LogP contribution in [0.25, 0.3) is 0 Å². The van der Waals surface area contributed by atoms with Crippen molar-refractivity contribution in [3.8, 4) is 0 Å². The highest BCUT2D eigenvalue weighted by Crippen LogP contribution is 2.29. The third-order valence-corrected chi connectivity index (χ3v) is 6.64. The first-order valence-corrected chi connectivity index (χ1v) is 9.13. The molecule has 0 atom stereocenters. The fraction of sp³-hybridized carbons (Fsp3) is 0.923. The number of nitrogens with zero attached hydrogens (tertiary/aromatic N) is 1. The predicted molar refractivity (Wildman–Crippen MR) is 94.9 cm³/mol. The van der Waals surface area contributed by atoms with Crippen molar-refractivity contribution in [3.05, 3.63) is 0 Å². The lowest BCUT2D eigenvalue weighted by Gasteiger charge is -2.34.